The van der Waals surface area contributed by atoms with Crippen molar-refractivity contribution in [2.45, 2.75) is 24.0 Å². The van der Waals surface area contributed by atoms with E-state index < -0.39 is 10.0 Å². The molecule has 2 rings (SSSR count). The van der Waals surface area contributed by atoms with Crippen molar-refractivity contribution in [3.63, 3.8) is 0 Å². The van der Waals surface area contributed by atoms with Crippen LogP contribution in [0.4, 0.5) is 5.69 Å². The number of hydrogen-bond acceptors (Lipinski definition) is 4. The highest BCUT2D eigenvalue weighted by atomic mass is 32.2. The van der Waals surface area contributed by atoms with Crippen LogP contribution in [0.5, 0.6) is 0 Å². The van der Waals surface area contributed by atoms with Crippen molar-refractivity contribution >= 4 is 33.0 Å². The average molecular weight is 352 g/mol. The second-order valence-corrected chi connectivity index (χ2v) is 8.42. The number of benzene rings is 1. The van der Waals surface area contributed by atoms with E-state index in [0.29, 0.717) is 16.3 Å². The van der Waals surface area contributed by atoms with Gasteiger partial charge in [-0.05, 0) is 36.2 Å². The lowest BCUT2D eigenvalue weighted by molar-refractivity contribution is -0.127. The predicted octanol–water partition coefficient (Wildman–Crippen LogP) is 2.74. The smallest absolute Gasteiger partial charge is 0.271 e. The van der Waals surface area contributed by atoms with Crippen LogP contribution in [0.2, 0.25) is 0 Å². The van der Waals surface area contributed by atoms with Gasteiger partial charge in [-0.3, -0.25) is 9.52 Å². The quantitative estimate of drug-likeness (QED) is 0.869. The first-order valence-corrected chi connectivity index (χ1v) is 9.52. The standard InChI is InChI=1S/C16H20N2O3S2/c1-4-14-9-10-16(22-14)23(20,21)17-13-7-5-12(6-8-13)11-15(19)18(2)3/h5-10,17H,4,11H2,1-3H3. The number of sulfonamides is 1. The van der Waals surface area contributed by atoms with E-state index in [1.165, 1.54) is 16.2 Å². The first-order valence-electron chi connectivity index (χ1n) is 7.22. The zero-order chi connectivity index (χ0) is 17.0. The van der Waals surface area contributed by atoms with Crippen LogP contribution in [-0.4, -0.2) is 33.3 Å². The molecule has 23 heavy (non-hydrogen) atoms. The molecule has 1 N–H and O–H groups in total. The number of aryl methyl sites for hydroxylation is 1. The zero-order valence-corrected chi connectivity index (χ0v) is 15.0. The van der Waals surface area contributed by atoms with Crippen LogP contribution in [0.1, 0.15) is 17.4 Å². The Labute approximate surface area is 141 Å². The van der Waals surface area contributed by atoms with E-state index in [1.54, 1.807) is 44.4 Å². The molecule has 1 heterocycles. The number of nitrogens with zero attached hydrogens (tertiary/aromatic N) is 1. The summed E-state index contributed by atoms with van der Waals surface area (Å²) >= 11 is 1.27. The summed E-state index contributed by atoms with van der Waals surface area (Å²) < 4.78 is 27.5. The Hall–Kier alpha value is -1.86. The van der Waals surface area contributed by atoms with Crippen molar-refractivity contribution in [3.05, 3.63) is 46.8 Å². The highest BCUT2D eigenvalue weighted by molar-refractivity contribution is 7.94. The van der Waals surface area contributed by atoms with Crippen LogP contribution in [0.25, 0.3) is 0 Å². The Morgan fingerprint density at radius 3 is 2.30 bits per heavy atom. The highest BCUT2D eigenvalue weighted by Crippen LogP contribution is 2.24. The van der Waals surface area contributed by atoms with Gasteiger partial charge in [0.25, 0.3) is 10.0 Å². The van der Waals surface area contributed by atoms with Crippen LogP contribution >= 0.6 is 11.3 Å². The van der Waals surface area contributed by atoms with Crippen LogP contribution < -0.4 is 4.72 Å². The van der Waals surface area contributed by atoms with Crippen LogP contribution in [0.15, 0.2) is 40.6 Å². The summed E-state index contributed by atoms with van der Waals surface area (Å²) in [6.07, 6.45) is 1.11. The highest BCUT2D eigenvalue weighted by Gasteiger charge is 2.16. The van der Waals surface area contributed by atoms with Gasteiger partial charge in [-0.15, -0.1) is 11.3 Å². The molecular formula is C16H20N2O3S2. The molecule has 1 aromatic carbocycles. The fourth-order valence-corrected chi connectivity index (χ4v) is 4.28. The van der Waals surface area contributed by atoms with Crippen molar-refractivity contribution in [3.8, 4) is 0 Å². The summed E-state index contributed by atoms with van der Waals surface area (Å²) in [6.45, 7) is 1.99. The number of hydrogen-bond donors (Lipinski definition) is 1. The van der Waals surface area contributed by atoms with Gasteiger partial charge in [0.15, 0.2) is 0 Å². The summed E-state index contributed by atoms with van der Waals surface area (Å²) in [6, 6.07) is 10.3. The molecule has 1 aromatic heterocycles. The summed E-state index contributed by atoms with van der Waals surface area (Å²) in [5.74, 6) is 0.00371. The second kappa shape index (κ2) is 7.14. The summed E-state index contributed by atoms with van der Waals surface area (Å²) in [4.78, 5) is 14.2. The van der Waals surface area contributed by atoms with Crippen molar-refractivity contribution in [2.24, 2.45) is 0 Å². The van der Waals surface area contributed by atoms with Gasteiger partial charge in [0.1, 0.15) is 4.21 Å². The third-order valence-electron chi connectivity index (χ3n) is 3.31. The molecule has 0 fully saturated rings. The first-order chi connectivity index (χ1) is 10.8. The Morgan fingerprint density at radius 2 is 1.78 bits per heavy atom. The third-order valence-corrected chi connectivity index (χ3v) is 6.41. The summed E-state index contributed by atoms with van der Waals surface area (Å²) in [5.41, 5.74) is 1.33. The van der Waals surface area contributed by atoms with Gasteiger partial charge in [0.05, 0.1) is 6.42 Å². The van der Waals surface area contributed by atoms with Crippen molar-refractivity contribution in [1.29, 1.82) is 0 Å². The fourth-order valence-electron chi connectivity index (χ4n) is 1.92. The van der Waals surface area contributed by atoms with Crippen molar-refractivity contribution in [2.75, 3.05) is 18.8 Å². The molecule has 0 saturated heterocycles. The van der Waals surface area contributed by atoms with E-state index in [-0.39, 0.29) is 5.91 Å². The minimum atomic E-state index is -3.56. The van der Waals surface area contributed by atoms with Gasteiger partial charge in [-0.2, -0.15) is 0 Å². The molecule has 0 radical (unpaired) electrons. The van der Waals surface area contributed by atoms with Crippen LogP contribution in [0.3, 0.4) is 0 Å². The number of rotatable bonds is 6. The second-order valence-electron chi connectivity index (χ2n) is 5.34. The number of likely N-dealkylation sites (N-methyl/N-ethyl adjacent to an activating group) is 1. The topological polar surface area (TPSA) is 66.5 Å². The summed E-state index contributed by atoms with van der Waals surface area (Å²) in [7, 11) is -0.149. The number of carbonyl (C=O) groups excluding carboxylic acids is 1. The van der Waals surface area contributed by atoms with Gasteiger partial charge in [-0.25, -0.2) is 8.42 Å². The normalized spacial score (nSPS) is 11.3. The zero-order valence-electron chi connectivity index (χ0n) is 13.4. The number of nitrogens with one attached hydrogen (secondary N) is 1. The number of thiophene rings is 1. The van der Waals surface area contributed by atoms with E-state index in [4.69, 9.17) is 0 Å². The molecule has 0 atom stereocenters. The molecular weight excluding hydrogens is 332 g/mol. The van der Waals surface area contributed by atoms with Crippen molar-refractivity contribution in [1.82, 2.24) is 4.90 Å². The molecule has 5 nitrogen and oxygen atoms in total. The largest absolute Gasteiger partial charge is 0.349 e. The van der Waals surface area contributed by atoms with Crippen LogP contribution in [0, 0.1) is 0 Å². The molecule has 0 aliphatic carbocycles. The van der Waals surface area contributed by atoms with Gasteiger partial charge < -0.3 is 4.90 Å². The maximum atomic E-state index is 12.3. The molecule has 1 amide bonds. The van der Waals surface area contributed by atoms with Gasteiger partial charge in [0.2, 0.25) is 5.91 Å². The lowest BCUT2D eigenvalue weighted by Gasteiger charge is -2.11. The van der Waals surface area contributed by atoms with E-state index in [2.05, 4.69) is 4.72 Å². The maximum absolute atomic E-state index is 12.3. The third kappa shape index (κ3) is 4.56. The van der Waals surface area contributed by atoms with E-state index in [1.807, 2.05) is 13.0 Å². The Bertz CT molecular complexity index is 778. The minimum Gasteiger partial charge on any atom is -0.349 e. The molecule has 0 bridgehead atoms. The number of amides is 1. The maximum Gasteiger partial charge on any atom is 0.271 e. The number of carbonyl (C=O) groups is 1. The molecule has 0 unspecified atom stereocenters. The van der Waals surface area contributed by atoms with Gasteiger partial charge >= 0.3 is 0 Å². The van der Waals surface area contributed by atoms with E-state index in [0.717, 1.165) is 16.9 Å². The predicted molar refractivity (Wildman–Crippen MR) is 93.3 cm³/mol. The lowest BCUT2D eigenvalue weighted by Crippen LogP contribution is -2.23. The Balaban J connectivity index is 2.09. The molecule has 124 valence electrons. The fraction of sp³-hybridized carbons (Fsp3) is 0.312. The van der Waals surface area contributed by atoms with Gasteiger partial charge in [0, 0.05) is 24.7 Å². The summed E-state index contributed by atoms with van der Waals surface area (Å²) in [5, 5.41) is 0. The monoisotopic (exact) mass is 352 g/mol. The first kappa shape index (κ1) is 17.5. The SMILES string of the molecule is CCc1ccc(S(=O)(=O)Nc2ccc(CC(=O)N(C)C)cc2)s1. The minimum absolute atomic E-state index is 0.00371. The number of anilines is 1. The van der Waals surface area contributed by atoms with Crippen molar-refractivity contribution < 1.29 is 13.2 Å². The van der Waals surface area contributed by atoms with E-state index >= 15 is 0 Å². The molecule has 2 aromatic rings. The molecule has 0 spiro atoms. The molecule has 7 heteroatoms. The Kier molecular flexibility index (Phi) is 5.43. The molecule has 0 aliphatic heterocycles. The molecule has 0 aliphatic rings. The average Bonchev–Trinajstić information content (AvgIpc) is 2.98. The lowest BCUT2D eigenvalue weighted by atomic mass is 10.1. The van der Waals surface area contributed by atoms with Crippen LogP contribution in [-0.2, 0) is 27.7 Å². The van der Waals surface area contributed by atoms with E-state index in [9.17, 15) is 13.2 Å². The Morgan fingerprint density at radius 1 is 1.13 bits per heavy atom. The van der Waals surface area contributed by atoms with Gasteiger partial charge in [-0.1, -0.05) is 19.1 Å². The molecule has 0 saturated carbocycles.